The van der Waals surface area contributed by atoms with Crippen LogP contribution in [-0.4, -0.2) is 40.1 Å². The lowest BCUT2D eigenvalue weighted by Gasteiger charge is -2.32. The molecule has 2 fully saturated rings. The first-order valence-electron chi connectivity index (χ1n) is 7.52. The maximum absolute atomic E-state index is 12.6. The molecule has 21 heavy (non-hydrogen) atoms. The molecule has 0 amide bonds. The number of nitrogens with one attached hydrogen (secondary N) is 1. The molecule has 2 aliphatic rings. The zero-order valence-corrected chi connectivity index (χ0v) is 13.2. The smallest absolute Gasteiger partial charge is 0.327 e. The van der Waals surface area contributed by atoms with Crippen LogP contribution in [-0.2, 0) is 9.53 Å². The van der Waals surface area contributed by atoms with Crippen molar-refractivity contribution in [3.05, 3.63) is 5.89 Å². The minimum absolute atomic E-state index is 0.136. The summed E-state index contributed by atoms with van der Waals surface area (Å²) in [6.45, 7) is 4.02. The second kappa shape index (κ2) is 5.96. The number of ether oxygens (including phenoxy) is 1. The van der Waals surface area contributed by atoms with E-state index in [-0.39, 0.29) is 5.97 Å². The summed E-state index contributed by atoms with van der Waals surface area (Å²) in [6.07, 6.45) is 4.42. The van der Waals surface area contributed by atoms with Crippen LogP contribution in [0, 0.1) is 12.8 Å². The number of thioether (sulfide) groups is 1. The third kappa shape index (κ3) is 3.40. The van der Waals surface area contributed by atoms with Crippen molar-refractivity contribution in [2.24, 2.45) is 5.92 Å². The Bertz CT molecular complexity index is 513. The molecule has 2 saturated carbocycles. The first-order valence-corrected chi connectivity index (χ1v) is 8.50. The predicted molar refractivity (Wildman–Crippen MR) is 78.0 cm³/mol. The van der Waals surface area contributed by atoms with E-state index >= 15 is 0 Å². The standard InChI is InChI=1S/C14H21N3O3S/c1-3-19-12(18)14(10-4-5-10,15-11-6-7-11)8-21-13-17-16-9(2)20-13/h10-11,15H,3-8H2,1-2H3. The van der Waals surface area contributed by atoms with Crippen LogP contribution >= 0.6 is 11.8 Å². The fraction of sp³-hybridized carbons (Fsp3) is 0.786. The highest BCUT2D eigenvalue weighted by atomic mass is 32.2. The largest absolute Gasteiger partial charge is 0.465 e. The number of carbonyl (C=O) groups is 1. The molecule has 0 spiro atoms. The van der Waals surface area contributed by atoms with Gasteiger partial charge in [-0.1, -0.05) is 11.8 Å². The SMILES string of the molecule is CCOC(=O)C(CSc1nnc(C)o1)(NC1CC1)C1CC1. The Balaban J connectivity index is 1.74. The molecule has 0 radical (unpaired) electrons. The predicted octanol–water partition coefficient (Wildman–Crippen LogP) is 1.93. The van der Waals surface area contributed by atoms with Crippen molar-refractivity contribution in [2.75, 3.05) is 12.4 Å². The fourth-order valence-electron chi connectivity index (χ4n) is 2.50. The van der Waals surface area contributed by atoms with Gasteiger partial charge in [0.2, 0.25) is 5.89 Å². The highest BCUT2D eigenvalue weighted by Crippen LogP contribution is 2.44. The van der Waals surface area contributed by atoms with Gasteiger partial charge in [-0.25, -0.2) is 0 Å². The lowest BCUT2D eigenvalue weighted by molar-refractivity contribution is -0.151. The summed E-state index contributed by atoms with van der Waals surface area (Å²) in [6, 6.07) is 0.444. The van der Waals surface area contributed by atoms with Crippen LogP contribution in [0.15, 0.2) is 9.64 Å². The van der Waals surface area contributed by atoms with E-state index < -0.39 is 5.54 Å². The van der Waals surface area contributed by atoms with Gasteiger partial charge in [-0.05, 0) is 38.5 Å². The Labute approximate surface area is 128 Å². The van der Waals surface area contributed by atoms with Crippen LogP contribution in [0.3, 0.4) is 0 Å². The average molecular weight is 311 g/mol. The second-order valence-electron chi connectivity index (χ2n) is 5.76. The quantitative estimate of drug-likeness (QED) is 0.580. The molecule has 0 aromatic carbocycles. The first kappa shape index (κ1) is 14.8. The van der Waals surface area contributed by atoms with Gasteiger partial charge >= 0.3 is 5.97 Å². The van der Waals surface area contributed by atoms with E-state index in [4.69, 9.17) is 9.15 Å². The molecule has 116 valence electrons. The third-order valence-corrected chi connectivity index (χ3v) is 4.90. The Morgan fingerprint density at radius 1 is 1.43 bits per heavy atom. The zero-order chi connectivity index (χ0) is 14.9. The summed E-state index contributed by atoms with van der Waals surface area (Å²) in [4.78, 5) is 12.6. The molecule has 0 saturated heterocycles. The van der Waals surface area contributed by atoms with Crippen molar-refractivity contribution < 1.29 is 13.9 Å². The molecule has 6 nitrogen and oxygen atoms in total. The summed E-state index contributed by atoms with van der Waals surface area (Å²) >= 11 is 1.44. The highest BCUT2D eigenvalue weighted by Gasteiger charge is 2.54. The average Bonchev–Trinajstić information content (AvgIpc) is 3.35. The van der Waals surface area contributed by atoms with Gasteiger partial charge in [0, 0.05) is 18.7 Å². The van der Waals surface area contributed by atoms with E-state index in [0.717, 1.165) is 25.7 Å². The van der Waals surface area contributed by atoms with Crippen molar-refractivity contribution in [1.29, 1.82) is 0 Å². The summed E-state index contributed by atoms with van der Waals surface area (Å²) < 4.78 is 10.7. The lowest BCUT2D eigenvalue weighted by atomic mass is 9.95. The molecule has 3 rings (SSSR count). The van der Waals surface area contributed by atoms with E-state index in [9.17, 15) is 4.79 Å². The Kier molecular flexibility index (Phi) is 4.21. The minimum atomic E-state index is -0.607. The molecule has 1 unspecified atom stereocenters. The van der Waals surface area contributed by atoms with Crippen LogP contribution in [0.25, 0.3) is 0 Å². The summed E-state index contributed by atoms with van der Waals surface area (Å²) in [5.41, 5.74) is -0.607. The van der Waals surface area contributed by atoms with E-state index in [0.29, 0.717) is 35.4 Å². The van der Waals surface area contributed by atoms with Crippen LogP contribution in [0.1, 0.15) is 38.5 Å². The maximum atomic E-state index is 12.6. The van der Waals surface area contributed by atoms with Gasteiger partial charge in [0.25, 0.3) is 5.22 Å². The van der Waals surface area contributed by atoms with Crippen molar-refractivity contribution >= 4 is 17.7 Å². The van der Waals surface area contributed by atoms with Gasteiger partial charge in [0.1, 0.15) is 5.54 Å². The van der Waals surface area contributed by atoms with Crippen LogP contribution in [0.5, 0.6) is 0 Å². The highest BCUT2D eigenvalue weighted by molar-refractivity contribution is 7.99. The number of rotatable bonds is 8. The van der Waals surface area contributed by atoms with E-state index in [1.54, 1.807) is 6.92 Å². The molecule has 7 heteroatoms. The van der Waals surface area contributed by atoms with Crippen LogP contribution in [0.2, 0.25) is 0 Å². The molecule has 0 aliphatic heterocycles. The molecular formula is C14H21N3O3S. The number of esters is 1. The van der Waals surface area contributed by atoms with Gasteiger partial charge in [0.05, 0.1) is 6.61 Å². The Morgan fingerprint density at radius 2 is 2.19 bits per heavy atom. The van der Waals surface area contributed by atoms with Gasteiger partial charge in [-0.2, -0.15) is 0 Å². The number of aromatic nitrogens is 2. The summed E-state index contributed by atoms with van der Waals surface area (Å²) in [5.74, 6) is 1.34. The minimum Gasteiger partial charge on any atom is -0.465 e. The molecule has 1 aromatic rings. The number of carbonyl (C=O) groups excluding carboxylic acids is 1. The number of aryl methyl sites for hydroxylation is 1. The van der Waals surface area contributed by atoms with Crippen molar-refractivity contribution in [3.63, 3.8) is 0 Å². The maximum Gasteiger partial charge on any atom is 0.327 e. The van der Waals surface area contributed by atoms with Gasteiger partial charge < -0.3 is 9.15 Å². The van der Waals surface area contributed by atoms with E-state index in [2.05, 4.69) is 15.5 Å². The monoisotopic (exact) mass is 311 g/mol. The second-order valence-corrected chi connectivity index (χ2v) is 6.69. The molecule has 0 bridgehead atoms. The number of hydrogen-bond donors (Lipinski definition) is 1. The van der Waals surface area contributed by atoms with Crippen molar-refractivity contribution in [3.8, 4) is 0 Å². The third-order valence-electron chi connectivity index (χ3n) is 3.88. The number of hydrogen-bond acceptors (Lipinski definition) is 7. The molecule has 2 aliphatic carbocycles. The first-order chi connectivity index (χ1) is 10.1. The molecule has 1 N–H and O–H groups in total. The zero-order valence-electron chi connectivity index (χ0n) is 12.4. The molecule has 1 atom stereocenters. The van der Waals surface area contributed by atoms with E-state index in [1.807, 2.05) is 6.92 Å². The topological polar surface area (TPSA) is 77.2 Å². The van der Waals surface area contributed by atoms with Gasteiger partial charge in [-0.15, -0.1) is 10.2 Å². The summed E-state index contributed by atoms with van der Waals surface area (Å²) in [5, 5.41) is 11.9. The van der Waals surface area contributed by atoms with Crippen LogP contribution in [0.4, 0.5) is 0 Å². The fourth-order valence-corrected chi connectivity index (χ4v) is 3.57. The van der Waals surface area contributed by atoms with Gasteiger partial charge in [0.15, 0.2) is 0 Å². The molecule has 1 aromatic heterocycles. The number of nitrogens with zero attached hydrogens (tertiary/aromatic N) is 2. The Hall–Kier alpha value is -1.08. The van der Waals surface area contributed by atoms with E-state index in [1.165, 1.54) is 11.8 Å². The normalized spacial score (nSPS) is 21.0. The van der Waals surface area contributed by atoms with Crippen molar-refractivity contribution in [2.45, 2.75) is 56.3 Å². The van der Waals surface area contributed by atoms with Crippen molar-refractivity contribution in [1.82, 2.24) is 15.5 Å². The Morgan fingerprint density at radius 3 is 2.71 bits per heavy atom. The summed E-state index contributed by atoms with van der Waals surface area (Å²) in [7, 11) is 0. The lowest BCUT2D eigenvalue weighted by Crippen LogP contribution is -2.58. The van der Waals surface area contributed by atoms with Gasteiger partial charge in [-0.3, -0.25) is 10.1 Å². The molecule has 1 heterocycles. The van der Waals surface area contributed by atoms with Crippen LogP contribution < -0.4 is 5.32 Å². The molecular weight excluding hydrogens is 290 g/mol.